The molecule has 3 rings (SSSR count). The lowest BCUT2D eigenvalue weighted by atomic mass is 9.89. The minimum Gasteiger partial charge on any atom is -0.474 e. The van der Waals surface area contributed by atoms with Gasteiger partial charge in [-0.2, -0.15) is 0 Å². The third kappa shape index (κ3) is 7.29. The number of amides is 1. The SMILES string of the molecule is CCOC(=O)N1CCC(NC(=NC)NCc2ccnc(OC3CCC(C)CC3)c2)CC1. The number of aromatic nitrogens is 1. The van der Waals surface area contributed by atoms with E-state index in [1.165, 1.54) is 12.8 Å². The highest BCUT2D eigenvalue weighted by Crippen LogP contribution is 2.26. The average Bonchev–Trinajstić information content (AvgIpc) is 2.79. The number of pyridine rings is 1. The van der Waals surface area contributed by atoms with Gasteiger partial charge in [0.05, 0.1) is 6.61 Å². The number of carbonyl (C=O) groups excluding carboxylic acids is 1. The maximum atomic E-state index is 11.8. The molecule has 1 saturated heterocycles. The second-order valence-corrected chi connectivity index (χ2v) is 8.53. The van der Waals surface area contributed by atoms with Crippen LogP contribution in [0.15, 0.2) is 23.3 Å². The highest BCUT2D eigenvalue weighted by Gasteiger charge is 2.24. The first-order chi connectivity index (χ1) is 15.1. The molecule has 0 unspecified atom stereocenters. The molecule has 1 amide bonds. The van der Waals surface area contributed by atoms with Crippen LogP contribution in [0.3, 0.4) is 0 Å². The lowest BCUT2D eigenvalue weighted by Gasteiger charge is -2.32. The molecule has 1 aliphatic heterocycles. The van der Waals surface area contributed by atoms with Gasteiger partial charge >= 0.3 is 6.09 Å². The van der Waals surface area contributed by atoms with E-state index in [4.69, 9.17) is 9.47 Å². The van der Waals surface area contributed by atoms with E-state index < -0.39 is 0 Å². The van der Waals surface area contributed by atoms with Crippen LogP contribution in [-0.2, 0) is 11.3 Å². The van der Waals surface area contributed by atoms with Crippen LogP contribution in [0.1, 0.15) is 57.9 Å². The van der Waals surface area contributed by atoms with Crippen molar-refractivity contribution in [2.75, 3.05) is 26.7 Å². The summed E-state index contributed by atoms with van der Waals surface area (Å²) in [5.41, 5.74) is 1.11. The van der Waals surface area contributed by atoms with Crippen molar-refractivity contribution in [3.05, 3.63) is 23.9 Å². The molecule has 2 fully saturated rings. The van der Waals surface area contributed by atoms with E-state index in [2.05, 4.69) is 27.5 Å². The Labute approximate surface area is 185 Å². The summed E-state index contributed by atoms with van der Waals surface area (Å²) < 4.78 is 11.2. The van der Waals surface area contributed by atoms with Gasteiger partial charge in [-0.25, -0.2) is 9.78 Å². The minimum atomic E-state index is -0.220. The Hall–Kier alpha value is -2.51. The van der Waals surface area contributed by atoms with E-state index >= 15 is 0 Å². The van der Waals surface area contributed by atoms with E-state index in [1.54, 1.807) is 18.1 Å². The first kappa shape index (κ1) is 23.2. The predicted octanol–water partition coefficient (Wildman–Crippen LogP) is 3.33. The Morgan fingerprint density at radius 2 is 1.97 bits per heavy atom. The van der Waals surface area contributed by atoms with Gasteiger partial charge in [-0.3, -0.25) is 4.99 Å². The molecule has 0 atom stereocenters. The lowest BCUT2D eigenvalue weighted by molar-refractivity contribution is 0.0963. The van der Waals surface area contributed by atoms with Crippen molar-refractivity contribution < 1.29 is 14.3 Å². The van der Waals surface area contributed by atoms with Crippen LogP contribution in [0.5, 0.6) is 5.88 Å². The number of rotatable bonds is 6. The number of hydrogen-bond donors (Lipinski definition) is 2. The maximum Gasteiger partial charge on any atom is 0.409 e. The largest absolute Gasteiger partial charge is 0.474 e. The normalized spacial score (nSPS) is 22.7. The fourth-order valence-electron chi connectivity index (χ4n) is 4.14. The van der Waals surface area contributed by atoms with Gasteiger partial charge in [0.25, 0.3) is 0 Å². The summed E-state index contributed by atoms with van der Waals surface area (Å²) >= 11 is 0. The summed E-state index contributed by atoms with van der Waals surface area (Å²) in [6, 6.07) is 4.28. The molecular weight excluding hydrogens is 394 g/mol. The number of nitrogens with one attached hydrogen (secondary N) is 2. The molecule has 2 heterocycles. The molecule has 31 heavy (non-hydrogen) atoms. The fraction of sp³-hybridized carbons (Fsp3) is 0.696. The zero-order chi connectivity index (χ0) is 22.1. The van der Waals surface area contributed by atoms with Crippen LogP contribution < -0.4 is 15.4 Å². The highest BCUT2D eigenvalue weighted by atomic mass is 16.6. The van der Waals surface area contributed by atoms with Crippen molar-refractivity contribution in [3.63, 3.8) is 0 Å². The number of likely N-dealkylation sites (tertiary alicyclic amines) is 1. The Balaban J connectivity index is 1.43. The topological polar surface area (TPSA) is 88.1 Å². The molecule has 8 nitrogen and oxygen atoms in total. The van der Waals surface area contributed by atoms with Crippen molar-refractivity contribution >= 4 is 12.1 Å². The summed E-state index contributed by atoms with van der Waals surface area (Å²) in [4.78, 5) is 22.3. The first-order valence-corrected chi connectivity index (χ1v) is 11.6. The van der Waals surface area contributed by atoms with Crippen LogP contribution in [0.2, 0.25) is 0 Å². The highest BCUT2D eigenvalue weighted by molar-refractivity contribution is 5.80. The average molecular weight is 432 g/mol. The number of piperidine rings is 1. The Morgan fingerprint density at radius 1 is 1.23 bits per heavy atom. The number of carbonyl (C=O) groups is 1. The third-order valence-electron chi connectivity index (χ3n) is 6.09. The van der Waals surface area contributed by atoms with Gasteiger partial charge < -0.3 is 25.0 Å². The monoisotopic (exact) mass is 431 g/mol. The molecule has 1 aromatic heterocycles. The van der Waals surface area contributed by atoms with E-state index in [0.29, 0.717) is 32.1 Å². The quantitative estimate of drug-likeness (QED) is 0.531. The van der Waals surface area contributed by atoms with Crippen LogP contribution >= 0.6 is 0 Å². The summed E-state index contributed by atoms with van der Waals surface area (Å²) in [5, 5.41) is 6.84. The summed E-state index contributed by atoms with van der Waals surface area (Å²) in [6.07, 6.45) is 8.27. The van der Waals surface area contributed by atoms with Crippen LogP contribution in [0.4, 0.5) is 4.79 Å². The van der Waals surface area contributed by atoms with Gasteiger partial charge in [0.2, 0.25) is 5.88 Å². The number of ether oxygens (including phenoxy) is 2. The second-order valence-electron chi connectivity index (χ2n) is 8.53. The van der Waals surface area contributed by atoms with Gasteiger partial charge in [-0.1, -0.05) is 6.92 Å². The summed E-state index contributed by atoms with van der Waals surface area (Å²) in [5.74, 6) is 2.27. The summed E-state index contributed by atoms with van der Waals surface area (Å²) in [7, 11) is 1.77. The van der Waals surface area contributed by atoms with Crippen LogP contribution in [-0.4, -0.2) is 60.8 Å². The molecule has 1 aliphatic carbocycles. The minimum absolute atomic E-state index is 0.220. The number of nitrogens with zero attached hydrogens (tertiary/aromatic N) is 3. The molecule has 172 valence electrons. The van der Waals surface area contributed by atoms with Crippen molar-refractivity contribution in [1.82, 2.24) is 20.5 Å². The summed E-state index contributed by atoms with van der Waals surface area (Å²) in [6.45, 7) is 6.58. The molecule has 2 aliphatic rings. The molecule has 0 spiro atoms. The number of hydrogen-bond acceptors (Lipinski definition) is 5. The van der Waals surface area contributed by atoms with Gasteiger partial charge in [0, 0.05) is 45.0 Å². The maximum absolute atomic E-state index is 11.8. The van der Waals surface area contributed by atoms with Crippen molar-refractivity contribution in [3.8, 4) is 5.88 Å². The third-order valence-corrected chi connectivity index (χ3v) is 6.09. The van der Waals surface area contributed by atoms with Crippen molar-refractivity contribution in [2.24, 2.45) is 10.9 Å². The van der Waals surface area contributed by atoms with Crippen LogP contribution in [0.25, 0.3) is 0 Å². The molecule has 0 bridgehead atoms. The molecular formula is C23H37N5O3. The van der Waals surface area contributed by atoms with E-state index in [0.717, 1.165) is 43.1 Å². The first-order valence-electron chi connectivity index (χ1n) is 11.6. The standard InChI is InChI=1S/C23H37N5O3/c1-4-30-23(29)28-13-10-19(11-14-28)27-22(24-3)26-16-18-9-12-25-21(15-18)31-20-7-5-17(2)6-8-20/h9,12,15,17,19-20H,4-8,10-11,13-14,16H2,1-3H3,(H2,24,26,27). The Morgan fingerprint density at radius 3 is 2.65 bits per heavy atom. The van der Waals surface area contributed by atoms with Crippen molar-refractivity contribution in [2.45, 2.75) is 71.1 Å². The second kappa shape index (κ2) is 11.8. The van der Waals surface area contributed by atoms with Gasteiger partial charge in [0.15, 0.2) is 5.96 Å². The van der Waals surface area contributed by atoms with E-state index in [1.807, 2.05) is 19.1 Å². The zero-order valence-corrected chi connectivity index (χ0v) is 19.1. The smallest absolute Gasteiger partial charge is 0.409 e. The number of guanidine groups is 1. The molecule has 1 aromatic rings. The number of aliphatic imine (C=N–C) groups is 1. The Kier molecular flexibility index (Phi) is 8.79. The fourth-order valence-corrected chi connectivity index (χ4v) is 4.14. The molecule has 2 N–H and O–H groups in total. The molecule has 0 aromatic carbocycles. The lowest BCUT2D eigenvalue weighted by Crippen LogP contribution is -2.49. The van der Waals surface area contributed by atoms with Gasteiger partial charge in [-0.05, 0) is 63.0 Å². The van der Waals surface area contributed by atoms with E-state index in [-0.39, 0.29) is 18.2 Å². The zero-order valence-electron chi connectivity index (χ0n) is 19.1. The molecule has 8 heteroatoms. The van der Waals surface area contributed by atoms with Crippen LogP contribution in [0, 0.1) is 5.92 Å². The van der Waals surface area contributed by atoms with E-state index in [9.17, 15) is 4.79 Å². The van der Waals surface area contributed by atoms with Crippen molar-refractivity contribution in [1.29, 1.82) is 0 Å². The molecule has 1 saturated carbocycles. The molecule has 0 radical (unpaired) electrons. The van der Waals surface area contributed by atoms with Gasteiger partial charge in [0.1, 0.15) is 6.10 Å². The van der Waals surface area contributed by atoms with Gasteiger partial charge in [-0.15, -0.1) is 0 Å². The predicted molar refractivity (Wildman–Crippen MR) is 121 cm³/mol. The Bertz CT molecular complexity index is 726.